The molecule has 0 bridgehead atoms. The fourth-order valence-corrected chi connectivity index (χ4v) is 6.65. The first-order valence-corrected chi connectivity index (χ1v) is 16.1. The maximum Gasteiger partial charge on any atom is 0.417 e. The summed E-state index contributed by atoms with van der Waals surface area (Å²) in [6.07, 6.45) is 1.37. The summed E-state index contributed by atoms with van der Waals surface area (Å²) < 4.78 is 88.8. The van der Waals surface area contributed by atoms with Gasteiger partial charge >= 0.3 is 6.18 Å². The van der Waals surface area contributed by atoms with Crippen LogP contribution >= 0.6 is 0 Å². The number of rotatable bonds is 7. The van der Waals surface area contributed by atoms with Crippen LogP contribution in [-0.2, 0) is 29.2 Å². The van der Waals surface area contributed by atoms with Crippen molar-refractivity contribution in [3.8, 4) is 16.9 Å². The van der Waals surface area contributed by atoms with Crippen LogP contribution in [0, 0.1) is 18.6 Å². The average Bonchev–Trinajstić information content (AvgIpc) is 3.59. The molecule has 3 aromatic heterocycles. The van der Waals surface area contributed by atoms with Crippen molar-refractivity contribution in [2.45, 2.75) is 38.4 Å². The van der Waals surface area contributed by atoms with E-state index in [2.05, 4.69) is 15.6 Å². The SMILES string of the molecule is Cc1nc2c3c(c(C(F)(F)F)cc2n1C)-c1cccn2c(C(=O)c4cc(F)c(NC(=O)/C=C/CNC5CCOCC5)c(F)c4)cc(c12)CCO3. The molecule has 9 nitrogen and oxygen atoms in total. The molecule has 14 heteroatoms. The summed E-state index contributed by atoms with van der Waals surface area (Å²) in [4.78, 5) is 30.7. The van der Waals surface area contributed by atoms with Gasteiger partial charge in [-0.25, -0.2) is 13.8 Å². The van der Waals surface area contributed by atoms with Crippen molar-refractivity contribution in [3.63, 3.8) is 0 Å². The van der Waals surface area contributed by atoms with Crippen molar-refractivity contribution in [1.82, 2.24) is 19.3 Å². The number of aryl methyl sites for hydroxylation is 2. The zero-order valence-corrected chi connectivity index (χ0v) is 27.1. The first-order chi connectivity index (χ1) is 23.9. The van der Waals surface area contributed by atoms with E-state index in [1.165, 1.54) is 28.8 Å². The van der Waals surface area contributed by atoms with Crippen molar-refractivity contribution in [3.05, 3.63) is 94.6 Å². The maximum absolute atomic E-state index is 15.2. The largest absolute Gasteiger partial charge is 0.490 e. The van der Waals surface area contributed by atoms with E-state index in [4.69, 9.17) is 9.47 Å². The molecule has 2 N–H and O–H groups in total. The molecule has 0 saturated carbocycles. The van der Waals surface area contributed by atoms with Gasteiger partial charge in [-0.1, -0.05) is 12.1 Å². The van der Waals surface area contributed by atoms with Crippen molar-refractivity contribution < 1.29 is 41.0 Å². The highest BCUT2D eigenvalue weighted by Crippen LogP contribution is 2.48. The van der Waals surface area contributed by atoms with Gasteiger partial charge in [-0.15, -0.1) is 0 Å². The minimum atomic E-state index is -4.76. The molecule has 0 spiro atoms. The number of alkyl halides is 3. The molecule has 1 fully saturated rings. The van der Waals surface area contributed by atoms with Gasteiger partial charge < -0.3 is 29.1 Å². The number of hydrogen-bond acceptors (Lipinski definition) is 6. The smallest absolute Gasteiger partial charge is 0.417 e. The summed E-state index contributed by atoms with van der Waals surface area (Å²) in [7, 11) is 1.63. The molecule has 1 amide bonds. The zero-order chi connectivity index (χ0) is 35.3. The van der Waals surface area contributed by atoms with Gasteiger partial charge in [0.25, 0.3) is 0 Å². The van der Waals surface area contributed by atoms with Gasteiger partial charge in [-0.3, -0.25) is 9.59 Å². The fraction of sp³-hybridized carbons (Fsp3) is 0.306. The van der Waals surface area contributed by atoms with E-state index in [0.717, 1.165) is 37.1 Å². The number of nitrogens with one attached hydrogen (secondary N) is 2. The predicted molar refractivity (Wildman–Crippen MR) is 175 cm³/mol. The van der Waals surface area contributed by atoms with Gasteiger partial charge in [0.05, 0.1) is 28.9 Å². The Morgan fingerprint density at radius 1 is 1.08 bits per heavy atom. The molecule has 260 valence electrons. The second kappa shape index (κ2) is 13.0. The van der Waals surface area contributed by atoms with E-state index in [-0.39, 0.29) is 58.2 Å². The van der Waals surface area contributed by atoms with Crippen LogP contribution in [-0.4, -0.2) is 58.0 Å². The summed E-state index contributed by atoms with van der Waals surface area (Å²) in [5.74, 6) is -3.37. The number of anilines is 1. The highest BCUT2D eigenvalue weighted by molar-refractivity contribution is 6.10. The van der Waals surface area contributed by atoms with Crippen molar-refractivity contribution in [1.29, 1.82) is 0 Å². The summed E-state index contributed by atoms with van der Waals surface area (Å²) in [6, 6.07) is 7.45. The fourth-order valence-electron chi connectivity index (χ4n) is 6.65. The number of benzene rings is 2. The predicted octanol–water partition coefficient (Wildman–Crippen LogP) is 6.53. The Hall–Kier alpha value is -5.08. The Morgan fingerprint density at radius 2 is 1.82 bits per heavy atom. The standard InChI is InChI=1S/C36H32F5N5O4/c1-19-43-32-27(45(19)2)18-24(36(39,40)41)30-23-5-4-11-46-28(17-20(33(23)46)7-14-50-35(30)32)34(48)21-15-25(37)31(26(38)16-21)44-29(47)6-3-10-42-22-8-12-49-13-9-22/h3-6,11,15-18,22,42H,7-10,12-14H2,1-2H3,(H,44,47)/b6-3+. The van der Waals surface area contributed by atoms with E-state index in [0.29, 0.717) is 36.7 Å². The molecular weight excluding hydrogens is 661 g/mol. The first kappa shape index (κ1) is 33.4. The molecule has 0 radical (unpaired) electrons. The molecule has 50 heavy (non-hydrogen) atoms. The van der Waals surface area contributed by atoms with Gasteiger partial charge in [0.15, 0.2) is 5.75 Å². The van der Waals surface area contributed by atoms with Crippen molar-refractivity contribution >= 4 is 33.9 Å². The number of carbonyl (C=O) groups is 2. The lowest BCUT2D eigenvalue weighted by atomic mass is 9.94. The Labute approximate surface area is 282 Å². The molecule has 0 atom stereocenters. The number of nitrogens with zero attached hydrogens (tertiary/aromatic N) is 3. The Morgan fingerprint density at radius 3 is 2.54 bits per heavy atom. The van der Waals surface area contributed by atoms with Gasteiger partial charge in [0.2, 0.25) is 11.7 Å². The zero-order valence-electron chi connectivity index (χ0n) is 27.1. The van der Waals surface area contributed by atoms with Crippen LogP contribution in [0.4, 0.5) is 27.6 Å². The second-order valence-electron chi connectivity index (χ2n) is 12.3. The molecule has 5 heterocycles. The quantitative estimate of drug-likeness (QED) is 0.114. The molecule has 2 aromatic carbocycles. The van der Waals surface area contributed by atoms with Gasteiger partial charge in [-0.2, -0.15) is 13.2 Å². The van der Waals surface area contributed by atoms with Crippen LogP contribution in [0.5, 0.6) is 5.75 Å². The Bertz CT molecular complexity index is 2170. The number of fused-ring (bicyclic) bond motifs is 4. The Kier molecular flexibility index (Phi) is 8.68. The minimum Gasteiger partial charge on any atom is -0.490 e. The minimum absolute atomic E-state index is 0.0147. The van der Waals surface area contributed by atoms with E-state index in [1.807, 2.05) is 0 Å². The van der Waals surface area contributed by atoms with E-state index >= 15 is 8.78 Å². The molecule has 0 unspecified atom stereocenters. The normalized spacial score (nSPS) is 15.3. The van der Waals surface area contributed by atoms with Crippen LogP contribution in [0.15, 0.2) is 54.7 Å². The van der Waals surface area contributed by atoms with Crippen LogP contribution in [0.3, 0.4) is 0 Å². The number of ether oxygens (including phenoxy) is 2. The Balaban J connectivity index is 1.22. The summed E-state index contributed by atoms with van der Waals surface area (Å²) in [6.45, 7) is 3.36. The third-order valence-electron chi connectivity index (χ3n) is 9.22. The highest BCUT2D eigenvalue weighted by Gasteiger charge is 2.39. The van der Waals surface area contributed by atoms with Crippen LogP contribution in [0.2, 0.25) is 0 Å². The molecule has 1 saturated heterocycles. The number of amides is 1. The topological polar surface area (TPSA) is 98.9 Å². The molecule has 2 aliphatic rings. The molecule has 2 aliphatic heterocycles. The first-order valence-electron chi connectivity index (χ1n) is 16.1. The van der Waals surface area contributed by atoms with Gasteiger partial charge in [-0.05, 0) is 55.7 Å². The average molecular weight is 694 g/mol. The van der Waals surface area contributed by atoms with Crippen LogP contribution < -0.4 is 15.4 Å². The van der Waals surface area contributed by atoms with Crippen molar-refractivity contribution in [2.24, 2.45) is 7.05 Å². The summed E-state index contributed by atoms with van der Waals surface area (Å²) >= 11 is 0. The third kappa shape index (κ3) is 6.02. The monoisotopic (exact) mass is 693 g/mol. The lowest BCUT2D eigenvalue weighted by Gasteiger charge is -2.22. The van der Waals surface area contributed by atoms with Crippen LogP contribution in [0.1, 0.15) is 45.8 Å². The van der Waals surface area contributed by atoms with Crippen LogP contribution in [0.25, 0.3) is 27.7 Å². The van der Waals surface area contributed by atoms with Gasteiger partial charge in [0, 0.05) is 68.2 Å². The number of pyridine rings is 1. The van der Waals surface area contributed by atoms with E-state index < -0.39 is 40.8 Å². The number of imidazole rings is 1. The number of aromatic nitrogens is 3. The number of halogens is 5. The lowest BCUT2D eigenvalue weighted by molar-refractivity contribution is -0.137. The molecular formula is C36H32F5N5O4. The second-order valence-corrected chi connectivity index (χ2v) is 12.3. The lowest BCUT2D eigenvalue weighted by Crippen LogP contribution is -2.34. The van der Waals surface area contributed by atoms with E-state index in [1.54, 1.807) is 24.6 Å². The molecule has 0 aliphatic carbocycles. The van der Waals surface area contributed by atoms with E-state index in [9.17, 15) is 22.8 Å². The molecule has 7 rings (SSSR count). The molecule has 5 aromatic rings. The number of hydrogen-bond donors (Lipinski definition) is 2. The highest BCUT2D eigenvalue weighted by atomic mass is 19.4. The van der Waals surface area contributed by atoms with Crippen molar-refractivity contribution in [2.75, 3.05) is 31.7 Å². The maximum atomic E-state index is 15.2. The number of carbonyl (C=O) groups excluding carboxylic acids is 2. The number of ketones is 1. The summed E-state index contributed by atoms with van der Waals surface area (Å²) in [5, 5.41) is 5.45. The van der Waals surface area contributed by atoms with Gasteiger partial charge in [0.1, 0.15) is 28.7 Å². The summed E-state index contributed by atoms with van der Waals surface area (Å²) in [5.41, 5.74) is -0.659. The third-order valence-corrected chi connectivity index (χ3v) is 9.22.